The summed E-state index contributed by atoms with van der Waals surface area (Å²) in [5.41, 5.74) is 0.674. The maximum Gasteiger partial charge on any atom is 0.350 e. The lowest BCUT2D eigenvalue weighted by atomic mass is 9.98. The number of methoxy groups -OCH3 is 1. The van der Waals surface area contributed by atoms with Crippen molar-refractivity contribution < 1.29 is 27.9 Å². The summed E-state index contributed by atoms with van der Waals surface area (Å²) in [6, 6.07) is 9.80. The number of hydrogen-bond donors (Lipinski definition) is 0. The molecule has 202 valence electrons. The lowest BCUT2D eigenvalue weighted by molar-refractivity contribution is 0.0605. The highest BCUT2D eigenvalue weighted by molar-refractivity contribution is 7.17. The lowest BCUT2D eigenvalue weighted by Gasteiger charge is -2.22. The van der Waals surface area contributed by atoms with E-state index < -0.39 is 29.2 Å². The van der Waals surface area contributed by atoms with Crippen LogP contribution in [0.25, 0.3) is 11.0 Å². The predicted molar refractivity (Wildman–Crippen MR) is 145 cm³/mol. The highest BCUT2D eigenvalue weighted by atomic mass is 32.1. The number of amides is 1. The number of halogens is 1. The zero-order valence-corrected chi connectivity index (χ0v) is 22.6. The van der Waals surface area contributed by atoms with Crippen LogP contribution in [0.2, 0.25) is 0 Å². The van der Waals surface area contributed by atoms with E-state index in [1.54, 1.807) is 31.2 Å². The van der Waals surface area contributed by atoms with Crippen molar-refractivity contribution in [2.24, 2.45) is 0 Å². The van der Waals surface area contributed by atoms with Gasteiger partial charge in [-0.2, -0.15) is 0 Å². The fourth-order valence-electron chi connectivity index (χ4n) is 4.69. The third-order valence-electron chi connectivity index (χ3n) is 6.66. The summed E-state index contributed by atoms with van der Waals surface area (Å²) in [5, 5.41) is 0.242. The topological polar surface area (TPSA) is 98.9 Å². The Bertz CT molecular complexity index is 1610. The second-order valence-corrected chi connectivity index (χ2v) is 10.3. The summed E-state index contributed by atoms with van der Waals surface area (Å²) in [7, 11) is 1.27. The molecule has 5 rings (SSSR count). The first-order valence-corrected chi connectivity index (χ1v) is 13.5. The quantitative estimate of drug-likeness (QED) is 0.181. The number of benzene rings is 2. The van der Waals surface area contributed by atoms with Gasteiger partial charge in [-0.05, 0) is 49.2 Å². The number of unbranched alkanes of at least 4 members (excludes halogenated alkanes) is 3. The molecule has 1 unspecified atom stereocenters. The Morgan fingerprint density at radius 3 is 2.62 bits per heavy atom. The number of thiazole rings is 1. The molecule has 1 aliphatic rings. The van der Waals surface area contributed by atoms with Gasteiger partial charge in [-0.3, -0.25) is 14.5 Å². The second-order valence-electron chi connectivity index (χ2n) is 9.27. The van der Waals surface area contributed by atoms with Gasteiger partial charge in [-0.25, -0.2) is 14.2 Å². The first-order valence-electron chi connectivity index (χ1n) is 12.7. The number of aromatic nitrogens is 1. The molecule has 2 aromatic carbocycles. The number of ether oxygens (including phenoxy) is 2. The smallest absolute Gasteiger partial charge is 0.350 e. The minimum absolute atomic E-state index is 0.0333. The molecule has 0 saturated carbocycles. The van der Waals surface area contributed by atoms with Crippen molar-refractivity contribution in [3.63, 3.8) is 0 Å². The first kappa shape index (κ1) is 26.6. The molecule has 10 heteroatoms. The van der Waals surface area contributed by atoms with Crippen molar-refractivity contribution in [2.45, 2.75) is 45.6 Å². The van der Waals surface area contributed by atoms with Crippen LogP contribution in [0.15, 0.2) is 51.7 Å². The summed E-state index contributed by atoms with van der Waals surface area (Å²) in [6.45, 7) is 4.38. The van der Waals surface area contributed by atoms with Crippen molar-refractivity contribution in [1.82, 2.24) is 4.98 Å². The fourth-order valence-corrected chi connectivity index (χ4v) is 5.70. The average Bonchev–Trinajstić information content (AvgIpc) is 3.46. The van der Waals surface area contributed by atoms with Gasteiger partial charge in [0.2, 0.25) is 5.76 Å². The van der Waals surface area contributed by atoms with Crippen molar-refractivity contribution >= 4 is 39.3 Å². The van der Waals surface area contributed by atoms with Gasteiger partial charge < -0.3 is 13.9 Å². The number of esters is 1. The maximum absolute atomic E-state index is 14.1. The third-order valence-corrected chi connectivity index (χ3v) is 7.79. The van der Waals surface area contributed by atoms with Crippen LogP contribution in [0.5, 0.6) is 5.75 Å². The molecule has 39 heavy (non-hydrogen) atoms. The number of hydrogen-bond acceptors (Lipinski definition) is 8. The number of fused-ring (bicyclic) bond motifs is 2. The minimum atomic E-state index is -0.911. The zero-order valence-electron chi connectivity index (χ0n) is 21.8. The number of carbonyl (C=O) groups excluding carboxylic acids is 2. The Morgan fingerprint density at radius 2 is 1.90 bits per heavy atom. The molecule has 0 aliphatic carbocycles. The molecule has 0 saturated heterocycles. The molecule has 0 fully saturated rings. The van der Waals surface area contributed by atoms with Crippen molar-refractivity contribution in [1.29, 1.82) is 0 Å². The van der Waals surface area contributed by atoms with Crippen molar-refractivity contribution in [2.75, 3.05) is 18.6 Å². The van der Waals surface area contributed by atoms with Crippen LogP contribution in [0.1, 0.15) is 75.7 Å². The van der Waals surface area contributed by atoms with Gasteiger partial charge in [0, 0.05) is 0 Å². The van der Waals surface area contributed by atoms with Crippen LogP contribution in [-0.4, -0.2) is 30.6 Å². The van der Waals surface area contributed by atoms with Crippen LogP contribution >= 0.6 is 11.3 Å². The molecule has 8 nitrogen and oxygen atoms in total. The third kappa shape index (κ3) is 4.92. The monoisotopic (exact) mass is 550 g/mol. The molecule has 0 N–H and O–H groups in total. The van der Waals surface area contributed by atoms with Crippen molar-refractivity contribution in [3.8, 4) is 5.75 Å². The van der Waals surface area contributed by atoms with Crippen LogP contribution < -0.4 is 15.1 Å². The Balaban J connectivity index is 1.59. The molecular weight excluding hydrogens is 523 g/mol. The fraction of sp³-hybridized carbons (Fsp3) is 0.310. The molecular formula is C29H27FN2O6S. The Hall–Kier alpha value is -4.05. The highest BCUT2D eigenvalue weighted by Crippen LogP contribution is 2.43. The highest BCUT2D eigenvalue weighted by Gasteiger charge is 2.45. The lowest BCUT2D eigenvalue weighted by Crippen LogP contribution is -2.29. The molecule has 2 aromatic heterocycles. The molecule has 0 spiro atoms. The zero-order chi connectivity index (χ0) is 27.7. The standard InChI is InChI=1S/C29H27FN2O6S/c1-4-5-6-7-14-37-19-11-8-17(9-12-19)23-22-24(33)20-15-18(30)10-13-21(20)38-25(22)27(34)32(23)29-31-16(2)26(39-29)28(35)36-3/h8-13,15,23H,4-7,14H2,1-3H3. The number of carbonyl (C=O) groups is 2. The number of anilines is 1. The molecule has 1 amide bonds. The molecule has 4 aromatic rings. The van der Waals surface area contributed by atoms with Gasteiger partial charge in [0.05, 0.1) is 36.4 Å². The van der Waals surface area contributed by atoms with E-state index in [0.29, 0.717) is 23.6 Å². The van der Waals surface area contributed by atoms with E-state index >= 15 is 0 Å². The van der Waals surface area contributed by atoms with Gasteiger partial charge >= 0.3 is 5.97 Å². The summed E-state index contributed by atoms with van der Waals surface area (Å²) >= 11 is 0.987. The second kappa shape index (κ2) is 11.0. The van der Waals surface area contributed by atoms with E-state index in [1.807, 2.05) is 0 Å². The Labute approximate surface area is 228 Å². The van der Waals surface area contributed by atoms with Gasteiger partial charge in [0.15, 0.2) is 10.6 Å². The summed E-state index contributed by atoms with van der Waals surface area (Å²) in [5.74, 6) is -1.23. The van der Waals surface area contributed by atoms with E-state index in [1.165, 1.54) is 24.1 Å². The van der Waals surface area contributed by atoms with Crippen LogP contribution in [0, 0.1) is 12.7 Å². The van der Waals surface area contributed by atoms with Gasteiger partial charge in [-0.1, -0.05) is 49.7 Å². The normalized spacial score (nSPS) is 14.6. The number of rotatable bonds is 9. The SMILES string of the molecule is CCCCCCOc1ccc(C2c3c(oc4ccc(F)cc4c3=O)C(=O)N2c2nc(C)c(C(=O)OC)s2)cc1. The van der Waals surface area contributed by atoms with E-state index in [4.69, 9.17) is 13.9 Å². The van der Waals surface area contributed by atoms with Crippen molar-refractivity contribution in [3.05, 3.63) is 86.0 Å². The Kier molecular flexibility index (Phi) is 7.47. The maximum atomic E-state index is 14.1. The largest absolute Gasteiger partial charge is 0.494 e. The summed E-state index contributed by atoms with van der Waals surface area (Å²) in [6.07, 6.45) is 4.34. The van der Waals surface area contributed by atoms with Gasteiger partial charge in [-0.15, -0.1) is 0 Å². The van der Waals surface area contributed by atoms with Crippen LogP contribution in [-0.2, 0) is 4.74 Å². The van der Waals surface area contributed by atoms with E-state index in [-0.39, 0.29) is 32.3 Å². The molecule has 0 bridgehead atoms. The van der Waals surface area contributed by atoms with E-state index in [9.17, 15) is 18.8 Å². The predicted octanol–water partition coefficient (Wildman–Crippen LogP) is 6.19. The summed E-state index contributed by atoms with van der Waals surface area (Å²) < 4.78 is 30.6. The molecule has 0 radical (unpaired) electrons. The van der Waals surface area contributed by atoms with E-state index in [0.717, 1.165) is 43.1 Å². The first-order chi connectivity index (χ1) is 18.8. The van der Waals surface area contributed by atoms with Gasteiger partial charge in [0.25, 0.3) is 5.91 Å². The number of aryl methyl sites for hydroxylation is 1. The van der Waals surface area contributed by atoms with E-state index in [2.05, 4.69) is 11.9 Å². The number of nitrogens with zero attached hydrogens (tertiary/aromatic N) is 2. The Morgan fingerprint density at radius 1 is 1.13 bits per heavy atom. The van der Waals surface area contributed by atoms with Gasteiger partial charge in [0.1, 0.15) is 22.0 Å². The molecule has 3 heterocycles. The van der Waals surface area contributed by atoms with Crippen LogP contribution in [0.4, 0.5) is 9.52 Å². The minimum Gasteiger partial charge on any atom is -0.494 e. The average molecular weight is 551 g/mol. The molecule has 1 atom stereocenters. The molecule has 1 aliphatic heterocycles. The summed E-state index contributed by atoms with van der Waals surface area (Å²) in [4.78, 5) is 45.7. The van der Waals surface area contributed by atoms with Crippen LogP contribution in [0.3, 0.4) is 0 Å².